The van der Waals surface area contributed by atoms with Crippen molar-refractivity contribution in [2.75, 3.05) is 0 Å². The molecule has 1 aromatic rings. The van der Waals surface area contributed by atoms with Crippen molar-refractivity contribution >= 4 is 17.3 Å². The molecule has 0 saturated heterocycles. The fraction of sp³-hybridized carbons (Fsp3) is 0.733. The third-order valence-electron chi connectivity index (χ3n) is 3.93. The number of carbonyl (C=O) groups is 1. The number of nitrogens with one attached hydrogen (secondary N) is 1. The summed E-state index contributed by atoms with van der Waals surface area (Å²) in [5.41, 5.74) is 0.984. The molecule has 1 heterocycles. The van der Waals surface area contributed by atoms with Gasteiger partial charge < -0.3 is 5.11 Å². The van der Waals surface area contributed by atoms with Crippen molar-refractivity contribution in [3.8, 4) is 0 Å². The lowest BCUT2D eigenvalue weighted by atomic mass is 9.90. The van der Waals surface area contributed by atoms with Gasteiger partial charge in [0.15, 0.2) is 0 Å². The Labute approximate surface area is 124 Å². The van der Waals surface area contributed by atoms with E-state index in [1.165, 1.54) is 37.1 Å². The molecular weight excluding hydrogens is 272 g/mol. The Hall–Kier alpha value is -0.940. The zero-order valence-corrected chi connectivity index (χ0v) is 12.9. The highest BCUT2D eigenvalue weighted by Gasteiger charge is 2.19. The van der Waals surface area contributed by atoms with E-state index in [9.17, 15) is 4.79 Å². The van der Waals surface area contributed by atoms with Crippen LogP contribution in [0, 0.1) is 0 Å². The van der Waals surface area contributed by atoms with Crippen LogP contribution in [0.2, 0.25) is 0 Å². The topological polar surface area (TPSA) is 62.2 Å². The normalized spacial score (nSPS) is 18.1. The predicted octanol–water partition coefficient (Wildman–Crippen LogP) is 3.53. The highest BCUT2D eigenvalue weighted by atomic mass is 32.1. The highest BCUT2D eigenvalue weighted by Crippen LogP contribution is 2.34. The van der Waals surface area contributed by atoms with Crippen LogP contribution >= 0.6 is 11.3 Å². The first-order valence-electron chi connectivity index (χ1n) is 7.61. The van der Waals surface area contributed by atoms with Crippen LogP contribution in [-0.2, 0) is 11.3 Å². The van der Waals surface area contributed by atoms with Gasteiger partial charge in [0.1, 0.15) is 6.04 Å². The van der Waals surface area contributed by atoms with Crippen molar-refractivity contribution in [1.82, 2.24) is 10.3 Å². The zero-order chi connectivity index (χ0) is 14.4. The molecule has 1 unspecified atom stereocenters. The van der Waals surface area contributed by atoms with Crippen molar-refractivity contribution in [3.05, 3.63) is 16.1 Å². The third-order valence-corrected chi connectivity index (χ3v) is 4.98. The molecule has 1 aromatic heterocycles. The van der Waals surface area contributed by atoms with Crippen molar-refractivity contribution < 1.29 is 9.90 Å². The number of hydrogen-bond acceptors (Lipinski definition) is 4. The van der Waals surface area contributed by atoms with Crippen LogP contribution in [0.15, 0.2) is 5.38 Å². The molecule has 112 valence electrons. The summed E-state index contributed by atoms with van der Waals surface area (Å²) in [5.74, 6) is -0.136. The second kappa shape index (κ2) is 7.74. The van der Waals surface area contributed by atoms with Crippen LogP contribution in [0.4, 0.5) is 0 Å². The molecule has 2 rings (SSSR count). The molecule has 0 amide bonds. The minimum atomic E-state index is -0.769. The summed E-state index contributed by atoms with van der Waals surface area (Å²) in [4.78, 5) is 15.8. The molecule has 0 aromatic carbocycles. The van der Waals surface area contributed by atoms with Gasteiger partial charge in [0.25, 0.3) is 0 Å². The van der Waals surface area contributed by atoms with Gasteiger partial charge in [-0.25, -0.2) is 4.98 Å². The number of nitrogens with zero attached hydrogens (tertiary/aromatic N) is 1. The Bertz CT molecular complexity index is 427. The van der Waals surface area contributed by atoms with Crippen LogP contribution in [0.5, 0.6) is 0 Å². The second-order valence-electron chi connectivity index (χ2n) is 5.57. The maximum Gasteiger partial charge on any atom is 0.320 e. The Morgan fingerprint density at radius 3 is 2.90 bits per heavy atom. The number of carboxylic acids is 1. The lowest BCUT2D eigenvalue weighted by Crippen LogP contribution is -2.36. The van der Waals surface area contributed by atoms with E-state index in [0.717, 1.165) is 12.1 Å². The standard InChI is InChI=1S/C15H24N2O2S/c1-2-6-13(15(18)19)16-9-12-10-20-14(17-12)11-7-4-3-5-8-11/h10-11,13,16H,2-9H2,1H3,(H,18,19). The first kappa shape index (κ1) is 15.4. The number of aromatic nitrogens is 1. The summed E-state index contributed by atoms with van der Waals surface area (Å²) >= 11 is 1.73. The summed E-state index contributed by atoms with van der Waals surface area (Å²) in [5, 5.41) is 15.5. The summed E-state index contributed by atoms with van der Waals surface area (Å²) in [6, 6.07) is -0.458. The Balaban J connectivity index is 1.87. The Morgan fingerprint density at radius 2 is 2.25 bits per heavy atom. The molecule has 0 radical (unpaired) electrons. The number of rotatable bonds is 7. The van der Waals surface area contributed by atoms with E-state index in [0.29, 0.717) is 18.9 Å². The van der Waals surface area contributed by atoms with Gasteiger partial charge in [-0.05, 0) is 19.3 Å². The number of carboxylic acid groups (broad SMARTS) is 1. The van der Waals surface area contributed by atoms with E-state index in [4.69, 9.17) is 5.11 Å². The smallest absolute Gasteiger partial charge is 0.320 e. The van der Waals surface area contributed by atoms with Gasteiger partial charge in [-0.3, -0.25) is 10.1 Å². The minimum absolute atomic E-state index is 0.458. The molecule has 0 spiro atoms. The molecule has 1 aliphatic carbocycles. The van der Waals surface area contributed by atoms with E-state index in [2.05, 4.69) is 15.7 Å². The second-order valence-corrected chi connectivity index (χ2v) is 6.46. The molecule has 20 heavy (non-hydrogen) atoms. The van der Waals surface area contributed by atoms with Gasteiger partial charge in [0.2, 0.25) is 0 Å². The average molecular weight is 296 g/mol. The molecule has 2 N–H and O–H groups in total. The largest absolute Gasteiger partial charge is 0.480 e. The predicted molar refractivity (Wildman–Crippen MR) is 81.1 cm³/mol. The SMILES string of the molecule is CCCC(NCc1csc(C2CCCCC2)n1)C(=O)O. The van der Waals surface area contributed by atoms with E-state index < -0.39 is 12.0 Å². The fourth-order valence-corrected chi connectivity index (χ4v) is 3.76. The molecule has 0 aliphatic heterocycles. The molecule has 1 aliphatic rings. The van der Waals surface area contributed by atoms with Gasteiger partial charge in [-0.15, -0.1) is 11.3 Å². The maximum absolute atomic E-state index is 11.1. The summed E-state index contributed by atoms with van der Waals surface area (Å²) in [6.07, 6.45) is 8.03. The molecule has 1 fully saturated rings. The molecule has 1 atom stereocenters. The molecule has 1 saturated carbocycles. The zero-order valence-electron chi connectivity index (χ0n) is 12.1. The fourth-order valence-electron chi connectivity index (χ4n) is 2.77. The van der Waals surface area contributed by atoms with Crippen LogP contribution < -0.4 is 5.32 Å². The average Bonchev–Trinajstić information content (AvgIpc) is 2.93. The van der Waals surface area contributed by atoms with Gasteiger partial charge in [-0.2, -0.15) is 0 Å². The van der Waals surface area contributed by atoms with Crippen molar-refractivity contribution in [3.63, 3.8) is 0 Å². The monoisotopic (exact) mass is 296 g/mol. The van der Waals surface area contributed by atoms with E-state index in [1.54, 1.807) is 11.3 Å². The van der Waals surface area contributed by atoms with Crippen molar-refractivity contribution in [1.29, 1.82) is 0 Å². The number of thiazole rings is 1. The van der Waals surface area contributed by atoms with Crippen molar-refractivity contribution in [2.45, 2.75) is 70.4 Å². The quantitative estimate of drug-likeness (QED) is 0.808. The van der Waals surface area contributed by atoms with Crippen molar-refractivity contribution in [2.24, 2.45) is 0 Å². The Kier molecular flexibility index (Phi) is 5.98. The van der Waals surface area contributed by atoms with Gasteiger partial charge in [-0.1, -0.05) is 32.6 Å². The highest BCUT2D eigenvalue weighted by molar-refractivity contribution is 7.09. The van der Waals surface area contributed by atoms with Crippen LogP contribution in [0.1, 0.15) is 68.5 Å². The molecule has 5 heteroatoms. The summed E-state index contributed by atoms with van der Waals surface area (Å²) in [6.45, 7) is 2.56. The van der Waals surface area contributed by atoms with Crippen LogP contribution in [0.25, 0.3) is 0 Å². The van der Waals surface area contributed by atoms with E-state index in [1.807, 2.05) is 6.92 Å². The number of hydrogen-bond donors (Lipinski definition) is 2. The number of aliphatic carboxylic acids is 1. The molecule has 4 nitrogen and oxygen atoms in total. The van der Waals surface area contributed by atoms with Crippen LogP contribution in [-0.4, -0.2) is 22.1 Å². The minimum Gasteiger partial charge on any atom is -0.480 e. The molecular formula is C15H24N2O2S. The lowest BCUT2D eigenvalue weighted by molar-refractivity contribution is -0.139. The van der Waals surface area contributed by atoms with E-state index >= 15 is 0 Å². The summed E-state index contributed by atoms with van der Waals surface area (Å²) in [7, 11) is 0. The van der Waals surface area contributed by atoms with Crippen LogP contribution in [0.3, 0.4) is 0 Å². The van der Waals surface area contributed by atoms with Gasteiger partial charge in [0.05, 0.1) is 10.7 Å². The first-order valence-corrected chi connectivity index (χ1v) is 8.49. The molecule has 0 bridgehead atoms. The summed E-state index contributed by atoms with van der Waals surface area (Å²) < 4.78 is 0. The van der Waals surface area contributed by atoms with E-state index in [-0.39, 0.29) is 0 Å². The Morgan fingerprint density at radius 1 is 1.50 bits per heavy atom. The first-order chi connectivity index (χ1) is 9.70. The lowest BCUT2D eigenvalue weighted by Gasteiger charge is -2.19. The third kappa shape index (κ3) is 4.28. The maximum atomic E-state index is 11.1. The van der Waals surface area contributed by atoms with Gasteiger partial charge in [0, 0.05) is 17.8 Å². The van der Waals surface area contributed by atoms with Gasteiger partial charge >= 0.3 is 5.97 Å².